The molecule has 11 heteroatoms. The van der Waals surface area contributed by atoms with Crippen LogP contribution < -0.4 is 10.9 Å². The summed E-state index contributed by atoms with van der Waals surface area (Å²) in [6, 6.07) is 29.7. The first-order chi connectivity index (χ1) is 26.1. The maximum absolute atomic E-state index is 13.1. The fourth-order valence-electron chi connectivity index (χ4n) is 6.17. The molecule has 54 heavy (non-hydrogen) atoms. The van der Waals surface area contributed by atoms with Crippen LogP contribution >= 0.6 is 0 Å². The van der Waals surface area contributed by atoms with Gasteiger partial charge in [0.2, 0.25) is 10.9 Å². The highest BCUT2D eigenvalue weighted by Gasteiger charge is 2.20. The third-order valence-corrected chi connectivity index (χ3v) is 9.02. The number of carbonyl (C=O) groups is 2. The summed E-state index contributed by atoms with van der Waals surface area (Å²) in [7, 11) is 2.86. The van der Waals surface area contributed by atoms with Crippen LogP contribution in [0.2, 0.25) is 0 Å². The van der Waals surface area contributed by atoms with Gasteiger partial charge in [-0.15, -0.1) is 0 Å². The van der Waals surface area contributed by atoms with E-state index in [0.29, 0.717) is 29.4 Å². The van der Waals surface area contributed by atoms with Gasteiger partial charge in [-0.1, -0.05) is 43.3 Å². The lowest BCUT2D eigenvalue weighted by Crippen LogP contribution is -2.31. The van der Waals surface area contributed by atoms with Crippen molar-refractivity contribution in [3.05, 3.63) is 181 Å². The second-order valence-corrected chi connectivity index (χ2v) is 12.8. The fraction of sp³-hybridized carbons (Fsp3) is 0.186. The number of aromatic nitrogens is 5. The predicted molar refractivity (Wildman–Crippen MR) is 209 cm³/mol. The average Bonchev–Trinajstić information content (AvgIpc) is 3.19. The van der Waals surface area contributed by atoms with Gasteiger partial charge in [-0.2, -0.15) is 0 Å². The Morgan fingerprint density at radius 3 is 1.67 bits per heavy atom. The number of hydrogen-bond acceptors (Lipinski definition) is 8. The highest BCUT2D eigenvalue weighted by Crippen LogP contribution is 2.17. The van der Waals surface area contributed by atoms with E-state index in [1.807, 2.05) is 103 Å². The number of rotatable bonds is 9. The van der Waals surface area contributed by atoms with Gasteiger partial charge < -0.3 is 9.13 Å². The Morgan fingerprint density at radius 1 is 0.667 bits per heavy atom. The van der Waals surface area contributed by atoms with Crippen molar-refractivity contribution in [2.24, 2.45) is 0 Å². The minimum atomic E-state index is -0.482. The molecule has 5 aromatic heterocycles. The molecule has 1 amide bonds. The standard InChI is InChI=1S/C24H21N3O2.C19H19N3O3/c1-3-18-12-11-17(13-25-18)23(28)21-15-27(14-19-8-6-7-16(2)26-19)22-10-5-4-9-20(22)24(21)29;1-13-7-6-8-14(20-13)11-22-12-16(19(24)21(2)25-3)18(23)15-9-4-5-10-17(15)22/h4-13,15H,3,14H2,1-2H3;4-10,12H,11H2,1-3H3. The number of pyridine rings is 5. The second kappa shape index (κ2) is 16.4. The number of amides is 1. The van der Waals surface area contributed by atoms with E-state index in [1.54, 1.807) is 42.9 Å². The summed E-state index contributed by atoms with van der Waals surface area (Å²) in [5, 5.41) is 2.05. The molecule has 272 valence electrons. The first-order valence-electron chi connectivity index (χ1n) is 17.5. The minimum absolute atomic E-state index is 0.0655. The zero-order chi connectivity index (χ0) is 38.4. The number of carbonyl (C=O) groups excluding carboxylic acids is 2. The third-order valence-electron chi connectivity index (χ3n) is 9.02. The van der Waals surface area contributed by atoms with Crippen LogP contribution in [0.1, 0.15) is 61.7 Å². The van der Waals surface area contributed by atoms with Crippen molar-refractivity contribution in [2.75, 3.05) is 14.2 Å². The normalized spacial score (nSPS) is 10.9. The van der Waals surface area contributed by atoms with Crippen molar-refractivity contribution in [2.45, 2.75) is 40.3 Å². The number of ketones is 1. The molecule has 7 aromatic rings. The van der Waals surface area contributed by atoms with Crippen LogP contribution in [0.3, 0.4) is 0 Å². The molecule has 0 N–H and O–H groups in total. The number of benzene rings is 2. The molecule has 0 saturated carbocycles. The maximum Gasteiger partial charge on any atom is 0.282 e. The summed E-state index contributed by atoms with van der Waals surface area (Å²) >= 11 is 0. The number of hydroxylamine groups is 2. The fourth-order valence-corrected chi connectivity index (χ4v) is 6.17. The zero-order valence-corrected chi connectivity index (χ0v) is 30.8. The van der Waals surface area contributed by atoms with Crippen LogP contribution in [0, 0.1) is 13.8 Å². The highest BCUT2D eigenvalue weighted by atomic mass is 16.7. The molecule has 0 aliphatic heterocycles. The van der Waals surface area contributed by atoms with Gasteiger partial charge in [0.15, 0.2) is 5.78 Å². The third kappa shape index (κ3) is 8.06. The molecule has 5 heterocycles. The largest absolute Gasteiger partial charge is 0.340 e. The number of fused-ring (bicyclic) bond motifs is 2. The molecule has 0 spiro atoms. The monoisotopic (exact) mass is 720 g/mol. The lowest BCUT2D eigenvalue weighted by Gasteiger charge is -2.16. The van der Waals surface area contributed by atoms with Gasteiger partial charge in [0.1, 0.15) is 5.56 Å². The van der Waals surface area contributed by atoms with Crippen molar-refractivity contribution in [1.29, 1.82) is 0 Å². The Bertz CT molecular complexity index is 2610. The minimum Gasteiger partial charge on any atom is -0.340 e. The molecule has 0 saturated heterocycles. The molecular formula is C43H40N6O5. The van der Waals surface area contributed by atoms with Crippen molar-refractivity contribution in [3.63, 3.8) is 0 Å². The molecule has 0 fully saturated rings. The van der Waals surface area contributed by atoms with Crippen LogP contribution in [-0.4, -0.2) is 55.0 Å². The summed E-state index contributed by atoms with van der Waals surface area (Å²) in [4.78, 5) is 69.6. The van der Waals surface area contributed by atoms with E-state index in [4.69, 9.17) is 4.84 Å². The average molecular weight is 721 g/mol. The summed E-state index contributed by atoms with van der Waals surface area (Å²) in [6.07, 6.45) is 5.56. The topological polar surface area (TPSA) is 129 Å². The van der Waals surface area contributed by atoms with Crippen molar-refractivity contribution >= 4 is 33.5 Å². The number of hydrogen-bond donors (Lipinski definition) is 0. The second-order valence-electron chi connectivity index (χ2n) is 12.8. The highest BCUT2D eigenvalue weighted by molar-refractivity contribution is 6.10. The molecule has 11 nitrogen and oxygen atoms in total. The van der Waals surface area contributed by atoms with Crippen LogP contribution in [0.25, 0.3) is 21.8 Å². The van der Waals surface area contributed by atoms with E-state index < -0.39 is 5.91 Å². The van der Waals surface area contributed by atoms with Gasteiger partial charge in [-0.3, -0.25) is 39.0 Å². The quantitative estimate of drug-likeness (QED) is 0.125. The molecule has 0 aliphatic rings. The van der Waals surface area contributed by atoms with Crippen LogP contribution in [0.5, 0.6) is 0 Å². The molecule has 7 rings (SSSR count). The van der Waals surface area contributed by atoms with Gasteiger partial charge in [0.05, 0.1) is 48.2 Å². The van der Waals surface area contributed by atoms with Crippen LogP contribution in [0.15, 0.2) is 125 Å². The molecule has 0 atom stereocenters. The SMILES string of the molecule is CCc1ccc(C(=O)c2cn(Cc3cccc(C)n3)c3ccccc3c2=O)cn1.CON(C)C(=O)c1cn(Cc2cccc(C)n2)c2ccccc2c1=O. The Labute approximate surface area is 312 Å². The Balaban J connectivity index is 0.000000186. The first-order valence-corrected chi connectivity index (χ1v) is 17.5. The molecular weight excluding hydrogens is 681 g/mol. The smallest absolute Gasteiger partial charge is 0.282 e. The van der Waals surface area contributed by atoms with E-state index in [2.05, 4.69) is 15.0 Å². The van der Waals surface area contributed by atoms with Crippen molar-refractivity contribution in [3.8, 4) is 0 Å². The van der Waals surface area contributed by atoms with E-state index in [0.717, 1.165) is 51.0 Å². The Hall–Kier alpha value is -6.59. The van der Waals surface area contributed by atoms with E-state index >= 15 is 0 Å². The number of para-hydroxylation sites is 2. The lowest BCUT2D eigenvalue weighted by molar-refractivity contribution is -0.0758. The number of aryl methyl sites for hydroxylation is 3. The molecule has 0 unspecified atom stereocenters. The van der Waals surface area contributed by atoms with Crippen molar-refractivity contribution < 1.29 is 14.4 Å². The van der Waals surface area contributed by atoms with Gasteiger partial charge in [0, 0.05) is 59.1 Å². The molecule has 2 aromatic carbocycles. The van der Waals surface area contributed by atoms with Gasteiger partial charge >= 0.3 is 0 Å². The van der Waals surface area contributed by atoms with Gasteiger partial charge in [-0.25, -0.2) is 5.06 Å². The van der Waals surface area contributed by atoms with Crippen LogP contribution in [-0.2, 0) is 24.3 Å². The summed E-state index contributed by atoms with van der Waals surface area (Å²) in [6.45, 7) is 6.80. The van der Waals surface area contributed by atoms with E-state index in [1.165, 1.54) is 14.2 Å². The summed E-state index contributed by atoms with van der Waals surface area (Å²) in [5.74, 6) is -0.800. The van der Waals surface area contributed by atoms with Gasteiger partial charge in [-0.05, 0) is 80.9 Å². The van der Waals surface area contributed by atoms with Crippen LogP contribution in [0.4, 0.5) is 0 Å². The lowest BCUT2D eigenvalue weighted by atomic mass is 10.0. The number of nitrogens with zero attached hydrogens (tertiary/aromatic N) is 6. The molecule has 0 aliphatic carbocycles. The molecule has 0 bridgehead atoms. The Kier molecular flexibility index (Phi) is 11.3. The Morgan fingerprint density at radius 2 is 1.19 bits per heavy atom. The van der Waals surface area contributed by atoms with Gasteiger partial charge in [0.25, 0.3) is 5.91 Å². The van der Waals surface area contributed by atoms with Crippen molar-refractivity contribution in [1.82, 2.24) is 29.1 Å². The zero-order valence-electron chi connectivity index (χ0n) is 30.8. The summed E-state index contributed by atoms with van der Waals surface area (Å²) in [5.41, 5.74) is 6.04. The maximum atomic E-state index is 13.1. The summed E-state index contributed by atoms with van der Waals surface area (Å²) < 4.78 is 3.79. The first kappa shape index (κ1) is 37.2. The predicted octanol–water partition coefficient (Wildman–Crippen LogP) is 6.33. The molecule has 0 radical (unpaired) electrons. The van der Waals surface area contributed by atoms with E-state index in [-0.39, 0.29) is 27.8 Å². The van der Waals surface area contributed by atoms with E-state index in [9.17, 15) is 19.2 Å².